The Morgan fingerprint density at radius 1 is 1.25 bits per heavy atom. The Balaban J connectivity index is 0.000000750. The van der Waals surface area contributed by atoms with Crippen molar-refractivity contribution >= 4 is 24.2 Å². The first kappa shape index (κ1) is 16.6. The summed E-state index contributed by atoms with van der Waals surface area (Å²) in [7, 11) is 0. The lowest BCUT2D eigenvalue weighted by Crippen LogP contribution is -2.60. The summed E-state index contributed by atoms with van der Waals surface area (Å²) in [5.41, 5.74) is 0.682. The number of ether oxygens (including phenoxy) is 1. The van der Waals surface area contributed by atoms with E-state index in [2.05, 4.69) is 11.8 Å². The molecule has 98 valence electrons. The fourth-order valence-corrected chi connectivity index (χ4v) is 4.25. The third-order valence-corrected chi connectivity index (χ3v) is 5.01. The number of fused-ring (bicyclic) bond motifs is 2. The molecule has 0 amide bonds. The van der Waals surface area contributed by atoms with E-state index in [0.29, 0.717) is 5.44 Å². The maximum Gasteiger partial charge on any atom is 0.101 e. The predicted molar refractivity (Wildman–Crippen MR) is 75.6 cm³/mol. The SMILES string of the molecule is C.C.C[C@@H]1O[C@@]2(CS1)CN1CCC2CC1.Cl. The molecular weight excluding hydrogens is 242 g/mol. The van der Waals surface area contributed by atoms with E-state index >= 15 is 0 Å². The fourth-order valence-electron chi connectivity index (χ4n) is 3.08. The molecule has 0 saturated carbocycles. The van der Waals surface area contributed by atoms with E-state index in [0.717, 1.165) is 5.92 Å². The minimum Gasteiger partial charge on any atom is -0.359 e. The normalized spacial score (nSPS) is 44.4. The van der Waals surface area contributed by atoms with Crippen LogP contribution in [0.1, 0.15) is 34.6 Å². The van der Waals surface area contributed by atoms with Gasteiger partial charge in [0.15, 0.2) is 0 Å². The molecule has 2 atom stereocenters. The molecule has 4 aliphatic heterocycles. The van der Waals surface area contributed by atoms with Gasteiger partial charge >= 0.3 is 0 Å². The summed E-state index contributed by atoms with van der Waals surface area (Å²) in [5, 5.41) is 0. The zero-order valence-corrected chi connectivity index (χ0v) is 10.2. The standard InChI is InChI=1S/C10H17NOS.2CH4.ClH/c1-8-12-10(7-13-8)6-11-4-2-9(10)3-5-11;;;/h8-9H,2-7H2,1H3;2*1H4;1H/t8-,10-;;;/m1.../s1. The maximum absolute atomic E-state index is 6.14. The molecule has 2 bridgehead atoms. The number of halogens is 1. The van der Waals surface area contributed by atoms with Crippen molar-refractivity contribution in [3.8, 4) is 0 Å². The van der Waals surface area contributed by atoms with Gasteiger partial charge in [-0.1, -0.05) is 14.9 Å². The molecule has 1 spiro atoms. The van der Waals surface area contributed by atoms with Gasteiger partial charge in [0.2, 0.25) is 0 Å². The lowest BCUT2D eigenvalue weighted by atomic mass is 9.76. The van der Waals surface area contributed by atoms with E-state index in [1.807, 2.05) is 11.8 Å². The molecule has 0 aromatic carbocycles. The monoisotopic (exact) mass is 267 g/mol. The minimum atomic E-state index is 0. The Bertz CT molecular complexity index is 221. The van der Waals surface area contributed by atoms with E-state index in [4.69, 9.17) is 4.74 Å². The van der Waals surface area contributed by atoms with Crippen molar-refractivity contribution in [3.63, 3.8) is 0 Å². The lowest BCUT2D eigenvalue weighted by molar-refractivity contribution is -0.133. The highest BCUT2D eigenvalue weighted by atomic mass is 35.5. The topological polar surface area (TPSA) is 12.5 Å². The molecule has 4 saturated heterocycles. The second-order valence-corrected chi connectivity index (χ2v) is 5.90. The summed E-state index contributed by atoms with van der Waals surface area (Å²) < 4.78 is 6.14. The van der Waals surface area contributed by atoms with Crippen LogP contribution in [-0.2, 0) is 4.74 Å². The number of thioether (sulfide) groups is 1. The second-order valence-electron chi connectivity index (χ2n) is 4.61. The summed E-state index contributed by atoms with van der Waals surface area (Å²) in [6.45, 7) is 6.02. The first-order valence-corrected chi connectivity index (χ1v) is 6.35. The number of hydrogen-bond donors (Lipinski definition) is 0. The van der Waals surface area contributed by atoms with Gasteiger partial charge in [-0.25, -0.2) is 0 Å². The molecule has 0 aromatic rings. The van der Waals surface area contributed by atoms with Crippen molar-refractivity contribution in [2.24, 2.45) is 5.92 Å². The van der Waals surface area contributed by atoms with Crippen LogP contribution in [0.5, 0.6) is 0 Å². The van der Waals surface area contributed by atoms with Gasteiger partial charge in [0.05, 0.1) is 5.60 Å². The van der Waals surface area contributed by atoms with Gasteiger partial charge in [-0.15, -0.1) is 24.2 Å². The van der Waals surface area contributed by atoms with Crippen molar-refractivity contribution in [2.45, 2.75) is 45.7 Å². The summed E-state index contributed by atoms with van der Waals surface area (Å²) in [6, 6.07) is 0. The van der Waals surface area contributed by atoms with Gasteiger partial charge < -0.3 is 9.64 Å². The molecule has 4 aliphatic rings. The Hall–Kier alpha value is 0.560. The van der Waals surface area contributed by atoms with Crippen molar-refractivity contribution in [2.75, 3.05) is 25.4 Å². The minimum absolute atomic E-state index is 0. The van der Waals surface area contributed by atoms with Crippen molar-refractivity contribution in [1.82, 2.24) is 4.90 Å². The molecule has 4 fully saturated rings. The van der Waals surface area contributed by atoms with Crippen molar-refractivity contribution in [3.05, 3.63) is 0 Å². The van der Waals surface area contributed by atoms with Gasteiger partial charge in [-0.3, -0.25) is 0 Å². The van der Waals surface area contributed by atoms with Crippen molar-refractivity contribution < 1.29 is 4.74 Å². The highest BCUT2D eigenvalue weighted by molar-refractivity contribution is 8.00. The fraction of sp³-hybridized carbons (Fsp3) is 1.00. The van der Waals surface area contributed by atoms with Crippen LogP contribution in [0.2, 0.25) is 0 Å². The summed E-state index contributed by atoms with van der Waals surface area (Å²) in [4.78, 5) is 2.58. The van der Waals surface area contributed by atoms with Crippen LogP contribution in [-0.4, -0.2) is 41.3 Å². The largest absolute Gasteiger partial charge is 0.359 e. The molecular formula is C12H26ClNOS. The van der Waals surface area contributed by atoms with Crippen molar-refractivity contribution in [1.29, 1.82) is 0 Å². The molecule has 4 heteroatoms. The van der Waals surface area contributed by atoms with E-state index in [-0.39, 0.29) is 32.9 Å². The lowest BCUT2D eigenvalue weighted by Gasteiger charge is -2.50. The predicted octanol–water partition coefficient (Wildman–Crippen LogP) is 3.25. The van der Waals surface area contributed by atoms with E-state index in [1.165, 1.54) is 38.2 Å². The third-order valence-electron chi connectivity index (χ3n) is 3.79. The summed E-state index contributed by atoms with van der Waals surface area (Å²) in [5.74, 6) is 2.09. The zero-order chi connectivity index (χ0) is 8.89. The molecule has 0 N–H and O–H groups in total. The molecule has 4 rings (SSSR count). The quantitative estimate of drug-likeness (QED) is 0.669. The molecule has 4 heterocycles. The van der Waals surface area contributed by atoms with Gasteiger partial charge in [-0.2, -0.15) is 0 Å². The van der Waals surface area contributed by atoms with E-state index in [9.17, 15) is 0 Å². The van der Waals surface area contributed by atoms with Crippen LogP contribution in [0.15, 0.2) is 0 Å². The summed E-state index contributed by atoms with van der Waals surface area (Å²) in [6.07, 6.45) is 2.74. The Labute approximate surface area is 111 Å². The molecule has 0 radical (unpaired) electrons. The zero-order valence-electron chi connectivity index (χ0n) is 8.57. The van der Waals surface area contributed by atoms with Gasteiger partial charge in [0.25, 0.3) is 0 Å². The molecule has 0 unspecified atom stereocenters. The Morgan fingerprint density at radius 2 is 1.88 bits per heavy atom. The highest BCUT2D eigenvalue weighted by Gasteiger charge is 2.51. The highest BCUT2D eigenvalue weighted by Crippen LogP contribution is 2.46. The first-order chi connectivity index (χ1) is 6.28. The number of nitrogens with zero attached hydrogens (tertiary/aromatic N) is 1. The van der Waals surface area contributed by atoms with E-state index in [1.54, 1.807) is 0 Å². The van der Waals surface area contributed by atoms with Gasteiger partial charge in [0.1, 0.15) is 5.44 Å². The average Bonchev–Trinajstić information content (AvgIpc) is 2.49. The van der Waals surface area contributed by atoms with Crippen LogP contribution in [0.4, 0.5) is 0 Å². The number of hydrogen-bond acceptors (Lipinski definition) is 3. The molecule has 16 heavy (non-hydrogen) atoms. The first-order valence-electron chi connectivity index (χ1n) is 5.30. The Kier molecular flexibility index (Phi) is 6.15. The van der Waals surface area contributed by atoms with Crippen LogP contribution in [0.25, 0.3) is 0 Å². The van der Waals surface area contributed by atoms with Crippen LogP contribution in [0.3, 0.4) is 0 Å². The maximum atomic E-state index is 6.14. The third kappa shape index (κ3) is 2.53. The van der Waals surface area contributed by atoms with Crippen LogP contribution < -0.4 is 0 Å². The number of piperidine rings is 3. The summed E-state index contributed by atoms with van der Waals surface area (Å²) >= 11 is 1.99. The smallest absolute Gasteiger partial charge is 0.101 e. The second kappa shape index (κ2) is 5.94. The van der Waals surface area contributed by atoms with Crippen LogP contribution >= 0.6 is 24.2 Å². The van der Waals surface area contributed by atoms with Gasteiger partial charge in [0, 0.05) is 12.3 Å². The van der Waals surface area contributed by atoms with Gasteiger partial charge in [-0.05, 0) is 38.8 Å². The number of rotatable bonds is 0. The molecule has 2 nitrogen and oxygen atoms in total. The Morgan fingerprint density at radius 3 is 2.25 bits per heavy atom. The average molecular weight is 268 g/mol. The van der Waals surface area contributed by atoms with E-state index < -0.39 is 0 Å². The van der Waals surface area contributed by atoms with Crippen LogP contribution in [0, 0.1) is 5.92 Å². The molecule has 0 aliphatic carbocycles. The molecule has 0 aromatic heterocycles.